The SMILES string of the molecule is CC(C)(C)OC(=O)NCC(=Cc1cc(C(F)(F)F)ccc1N)B1OC(C)(C)C(C)(C)O1. The van der Waals surface area contributed by atoms with E-state index in [1.807, 2.05) is 27.7 Å². The lowest BCUT2D eigenvalue weighted by Crippen LogP contribution is -2.41. The summed E-state index contributed by atoms with van der Waals surface area (Å²) in [5.41, 5.74) is 3.72. The summed E-state index contributed by atoms with van der Waals surface area (Å²) in [4.78, 5) is 12.1. The summed E-state index contributed by atoms with van der Waals surface area (Å²) < 4.78 is 56.8. The van der Waals surface area contributed by atoms with Crippen molar-refractivity contribution in [3.8, 4) is 0 Å². The zero-order valence-electron chi connectivity index (χ0n) is 18.9. The largest absolute Gasteiger partial charge is 0.492 e. The van der Waals surface area contributed by atoms with Crippen LogP contribution in [0.4, 0.5) is 23.7 Å². The number of hydrogen-bond donors (Lipinski definition) is 2. The van der Waals surface area contributed by atoms with Crippen molar-refractivity contribution >= 4 is 25.0 Å². The van der Waals surface area contributed by atoms with Crippen molar-refractivity contribution in [1.29, 1.82) is 0 Å². The normalized spacial score (nSPS) is 18.8. The van der Waals surface area contributed by atoms with E-state index in [9.17, 15) is 18.0 Å². The van der Waals surface area contributed by atoms with Gasteiger partial charge >= 0.3 is 19.4 Å². The Kier molecular flexibility index (Phi) is 6.78. The Balaban J connectivity index is 2.40. The van der Waals surface area contributed by atoms with Crippen LogP contribution in [-0.2, 0) is 20.2 Å². The third-order valence-electron chi connectivity index (χ3n) is 5.15. The van der Waals surface area contributed by atoms with Crippen LogP contribution in [0.1, 0.15) is 59.6 Å². The highest BCUT2D eigenvalue weighted by Gasteiger charge is 2.52. The minimum atomic E-state index is -4.52. The van der Waals surface area contributed by atoms with E-state index in [0.717, 1.165) is 12.1 Å². The molecule has 0 bridgehead atoms. The second-order valence-corrected chi connectivity index (χ2v) is 9.50. The van der Waals surface area contributed by atoms with Gasteiger partial charge in [-0.3, -0.25) is 0 Å². The Hall–Kier alpha value is -2.20. The first kappa shape index (κ1) is 25.1. The quantitative estimate of drug-likeness (QED) is 0.516. The maximum Gasteiger partial charge on any atom is 0.492 e. The number of carbonyl (C=O) groups is 1. The Bertz CT molecular complexity index is 845. The fourth-order valence-electron chi connectivity index (χ4n) is 2.76. The Morgan fingerprint density at radius 3 is 2.19 bits per heavy atom. The summed E-state index contributed by atoms with van der Waals surface area (Å²) in [6.07, 6.45) is -3.74. The molecule has 2 rings (SSSR count). The van der Waals surface area contributed by atoms with Gasteiger partial charge in [-0.1, -0.05) is 6.08 Å². The van der Waals surface area contributed by atoms with Crippen LogP contribution in [0.25, 0.3) is 6.08 Å². The minimum Gasteiger partial charge on any atom is -0.444 e. The van der Waals surface area contributed by atoms with Gasteiger partial charge < -0.3 is 25.1 Å². The molecule has 1 aliphatic rings. The van der Waals surface area contributed by atoms with Gasteiger partial charge in [0.2, 0.25) is 0 Å². The molecule has 1 heterocycles. The topological polar surface area (TPSA) is 82.8 Å². The molecule has 0 radical (unpaired) electrons. The second kappa shape index (κ2) is 8.39. The first-order valence-corrected chi connectivity index (χ1v) is 9.91. The standard InChI is InChI=1S/C21H30BF3N2O4/c1-18(2,3)29-17(28)27-12-15(22-30-19(4,5)20(6,7)31-22)11-13-10-14(21(23,24)25)8-9-16(13)26/h8-11H,12,26H2,1-7H3,(H,27,28). The average Bonchev–Trinajstić information content (AvgIpc) is 2.78. The number of nitrogen functional groups attached to an aromatic ring is 1. The molecule has 0 aliphatic carbocycles. The molecular formula is C21H30BF3N2O4. The van der Waals surface area contributed by atoms with Gasteiger partial charge in [0.05, 0.1) is 16.8 Å². The van der Waals surface area contributed by atoms with E-state index in [2.05, 4.69) is 5.32 Å². The van der Waals surface area contributed by atoms with Crippen molar-refractivity contribution in [2.45, 2.75) is 71.4 Å². The number of alkyl halides is 3. The highest BCUT2D eigenvalue weighted by Crippen LogP contribution is 2.39. The summed E-state index contributed by atoms with van der Waals surface area (Å²) in [7, 11) is -0.895. The van der Waals surface area contributed by atoms with Crippen LogP contribution in [0.3, 0.4) is 0 Å². The van der Waals surface area contributed by atoms with E-state index in [0.29, 0.717) is 5.47 Å². The van der Waals surface area contributed by atoms with Crippen LogP contribution in [0.2, 0.25) is 0 Å². The molecule has 1 saturated heterocycles. The van der Waals surface area contributed by atoms with Crippen molar-refractivity contribution in [2.75, 3.05) is 12.3 Å². The van der Waals surface area contributed by atoms with Crippen LogP contribution in [0, 0.1) is 0 Å². The zero-order valence-corrected chi connectivity index (χ0v) is 18.9. The molecule has 1 aliphatic heterocycles. The third-order valence-corrected chi connectivity index (χ3v) is 5.15. The monoisotopic (exact) mass is 442 g/mol. The van der Waals surface area contributed by atoms with E-state index < -0.39 is 41.8 Å². The molecule has 0 atom stereocenters. The van der Waals surface area contributed by atoms with E-state index >= 15 is 0 Å². The number of anilines is 1. The smallest absolute Gasteiger partial charge is 0.444 e. The van der Waals surface area contributed by atoms with Crippen molar-refractivity contribution in [3.63, 3.8) is 0 Å². The zero-order chi connectivity index (χ0) is 23.8. The van der Waals surface area contributed by atoms with Crippen LogP contribution < -0.4 is 11.1 Å². The molecule has 1 aromatic rings. The Labute approximate surface area is 181 Å². The maximum atomic E-state index is 13.2. The van der Waals surface area contributed by atoms with Crippen LogP contribution >= 0.6 is 0 Å². The van der Waals surface area contributed by atoms with E-state index in [4.69, 9.17) is 19.8 Å². The van der Waals surface area contributed by atoms with Gasteiger partial charge in [-0.2, -0.15) is 13.2 Å². The first-order chi connectivity index (χ1) is 13.9. The number of benzene rings is 1. The molecule has 1 amide bonds. The summed E-state index contributed by atoms with van der Waals surface area (Å²) >= 11 is 0. The third kappa shape index (κ3) is 6.40. The molecule has 172 valence electrons. The van der Waals surface area contributed by atoms with Gasteiger partial charge in [-0.15, -0.1) is 0 Å². The van der Waals surface area contributed by atoms with E-state index in [1.54, 1.807) is 20.8 Å². The number of amides is 1. The lowest BCUT2D eigenvalue weighted by molar-refractivity contribution is -0.137. The predicted molar refractivity (Wildman–Crippen MR) is 114 cm³/mol. The molecular weight excluding hydrogens is 412 g/mol. The molecule has 10 heteroatoms. The number of hydrogen-bond acceptors (Lipinski definition) is 5. The highest BCUT2D eigenvalue weighted by atomic mass is 19.4. The highest BCUT2D eigenvalue weighted by molar-refractivity contribution is 6.56. The number of ether oxygens (including phenoxy) is 1. The number of alkyl carbamates (subject to hydrolysis) is 1. The summed E-state index contributed by atoms with van der Waals surface area (Å²) in [5, 5.41) is 2.60. The molecule has 0 unspecified atom stereocenters. The molecule has 1 fully saturated rings. The molecule has 0 spiro atoms. The van der Waals surface area contributed by atoms with Gasteiger partial charge in [0.15, 0.2) is 0 Å². The average molecular weight is 442 g/mol. The molecule has 3 N–H and O–H groups in total. The van der Waals surface area contributed by atoms with Gasteiger partial charge in [0.1, 0.15) is 5.60 Å². The lowest BCUT2D eigenvalue weighted by atomic mass is 9.76. The van der Waals surface area contributed by atoms with Gasteiger partial charge in [0.25, 0.3) is 0 Å². The van der Waals surface area contributed by atoms with Crippen LogP contribution in [0.15, 0.2) is 23.7 Å². The van der Waals surface area contributed by atoms with Crippen molar-refractivity contribution in [2.24, 2.45) is 0 Å². The van der Waals surface area contributed by atoms with Crippen molar-refractivity contribution in [1.82, 2.24) is 5.32 Å². The molecule has 1 aromatic carbocycles. The van der Waals surface area contributed by atoms with Crippen molar-refractivity contribution in [3.05, 3.63) is 34.8 Å². The second-order valence-electron chi connectivity index (χ2n) is 9.50. The predicted octanol–water partition coefficient (Wildman–Crippen LogP) is 4.83. The maximum absolute atomic E-state index is 13.2. The number of nitrogens with two attached hydrogens (primary N) is 1. The Morgan fingerprint density at radius 1 is 1.16 bits per heavy atom. The molecule has 0 saturated carbocycles. The fourth-order valence-corrected chi connectivity index (χ4v) is 2.76. The van der Waals surface area contributed by atoms with E-state index in [-0.39, 0.29) is 17.8 Å². The summed E-state index contributed by atoms with van der Waals surface area (Å²) in [5.74, 6) is 0. The van der Waals surface area contributed by atoms with Crippen LogP contribution in [0.5, 0.6) is 0 Å². The number of halogens is 3. The minimum absolute atomic E-state index is 0.0680. The number of carbonyl (C=O) groups excluding carboxylic acids is 1. The summed E-state index contributed by atoms with van der Waals surface area (Å²) in [6.45, 7) is 12.5. The Morgan fingerprint density at radius 2 is 1.71 bits per heavy atom. The summed E-state index contributed by atoms with van der Waals surface area (Å²) in [6, 6.07) is 3.06. The van der Waals surface area contributed by atoms with Gasteiger partial charge in [-0.25, -0.2) is 4.79 Å². The van der Waals surface area contributed by atoms with Gasteiger partial charge in [0, 0.05) is 12.2 Å². The van der Waals surface area contributed by atoms with Gasteiger partial charge in [-0.05, 0) is 77.7 Å². The van der Waals surface area contributed by atoms with E-state index in [1.165, 1.54) is 12.1 Å². The molecule has 31 heavy (non-hydrogen) atoms. The van der Waals surface area contributed by atoms with Crippen LogP contribution in [-0.4, -0.2) is 36.6 Å². The number of rotatable bonds is 4. The fraction of sp³-hybridized carbons (Fsp3) is 0.571. The number of nitrogens with one attached hydrogen (secondary N) is 1. The first-order valence-electron chi connectivity index (χ1n) is 9.91. The molecule has 6 nitrogen and oxygen atoms in total. The lowest BCUT2D eigenvalue weighted by Gasteiger charge is -2.32. The molecule has 0 aromatic heterocycles. The van der Waals surface area contributed by atoms with Crippen molar-refractivity contribution < 1.29 is 32.0 Å².